The molecule has 2 aliphatic heterocycles. The van der Waals surface area contributed by atoms with Crippen LogP contribution in [0.1, 0.15) is 44.9 Å². The van der Waals surface area contributed by atoms with E-state index < -0.39 is 0 Å². The van der Waals surface area contributed by atoms with Gasteiger partial charge in [0.1, 0.15) is 0 Å². The maximum absolute atomic E-state index is 12.1. The van der Waals surface area contributed by atoms with Crippen LogP contribution in [0.4, 0.5) is 0 Å². The Morgan fingerprint density at radius 2 is 1.50 bits per heavy atom. The summed E-state index contributed by atoms with van der Waals surface area (Å²) in [5.74, 6) is -0.0844. The molecule has 2 heterocycles. The van der Waals surface area contributed by atoms with Gasteiger partial charge in [0, 0.05) is 32.7 Å². The monoisotopic (exact) mass is 345 g/mol. The van der Waals surface area contributed by atoms with E-state index in [-0.39, 0.29) is 31.5 Å². The van der Waals surface area contributed by atoms with Crippen LogP contribution in [0.25, 0.3) is 0 Å². The number of carbonyl (C=O) groups is 1. The number of amides is 1. The van der Waals surface area contributed by atoms with Crippen molar-refractivity contribution in [2.75, 3.05) is 46.1 Å². The van der Waals surface area contributed by atoms with Crippen molar-refractivity contribution in [3.05, 3.63) is 0 Å². The summed E-state index contributed by atoms with van der Waals surface area (Å²) < 4.78 is 22.4. The lowest BCUT2D eigenvalue weighted by molar-refractivity contribution is -0.173. The Hall–Kier alpha value is -0.730. The molecule has 2 atom stereocenters. The lowest BCUT2D eigenvalue weighted by Crippen LogP contribution is -2.39. The van der Waals surface area contributed by atoms with Crippen molar-refractivity contribution in [1.29, 1.82) is 0 Å². The van der Waals surface area contributed by atoms with Crippen molar-refractivity contribution in [2.45, 2.75) is 57.5 Å². The van der Waals surface area contributed by atoms with E-state index >= 15 is 0 Å². The fourth-order valence-electron chi connectivity index (χ4n) is 2.89. The molecular formula is C17H31NO6. The molecule has 0 aromatic rings. The average Bonchev–Trinajstić information content (AvgIpc) is 2.62. The largest absolute Gasteiger partial charge is 0.396 e. The van der Waals surface area contributed by atoms with Crippen LogP contribution in [0.3, 0.4) is 0 Å². The molecule has 24 heavy (non-hydrogen) atoms. The van der Waals surface area contributed by atoms with Gasteiger partial charge >= 0.3 is 0 Å². The molecule has 2 aliphatic rings. The third-order valence-electron chi connectivity index (χ3n) is 4.28. The lowest BCUT2D eigenvalue weighted by atomic mass is 10.2. The second-order valence-electron chi connectivity index (χ2n) is 6.19. The van der Waals surface area contributed by atoms with Crippen LogP contribution in [0.5, 0.6) is 0 Å². The van der Waals surface area contributed by atoms with E-state index in [0.29, 0.717) is 26.3 Å². The zero-order valence-electron chi connectivity index (χ0n) is 14.5. The first-order valence-corrected chi connectivity index (χ1v) is 9.14. The molecule has 2 fully saturated rings. The van der Waals surface area contributed by atoms with Crippen LogP contribution in [0.15, 0.2) is 0 Å². The second kappa shape index (κ2) is 11.8. The number of aliphatic hydroxyl groups excluding tert-OH is 1. The van der Waals surface area contributed by atoms with E-state index in [1.807, 2.05) is 0 Å². The molecule has 1 N–H and O–H groups in total. The molecular weight excluding hydrogens is 314 g/mol. The van der Waals surface area contributed by atoms with Gasteiger partial charge < -0.3 is 29.0 Å². The number of carbonyl (C=O) groups excluding carboxylic acids is 1. The maximum atomic E-state index is 12.1. The van der Waals surface area contributed by atoms with Crippen LogP contribution in [-0.4, -0.2) is 74.6 Å². The first kappa shape index (κ1) is 19.6. The maximum Gasteiger partial charge on any atom is 0.225 e. The van der Waals surface area contributed by atoms with Crippen molar-refractivity contribution >= 4 is 5.91 Å². The molecule has 0 bridgehead atoms. The van der Waals surface area contributed by atoms with Crippen LogP contribution >= 0.6 is 0 Å². The van der Waals surface area contributed by atoms with Crippen molar-refractivity contribution in [3.63, 3.8) is 0 Å². The highest BCUT2D eigenvalue weighted by Crippen LogP contribution is 2.14. The molecule has 2 saturated heterocycles. The van der Waals surface area contributed by atoms with E-state index in [9.17, 15) is 4.79 Å². The van der Waals surface area contributed by atoms with Crippen molar-refractivity contribution in [1.82, 2.24) is 4.90 Å². The number of hydrogen-bond acceptors (Lipinski definition) is 6. The minimum atomic E-state index is -0.152. The SMILES string of the molecule is O=C(CCO)N(CCO[C@@H]1CCCCO1)CCO[C@@H]1CCCCO1. The third kappa shape index (κ3) is 7.44. The van der Waals surface area contributed by atoms with E-state index in [2.05, 4.69) is 0 Å². The normalized spacial score (nSPS) is 24.7. The van der Waals surface area contributed by atoms with Crippen LogP contribution in [0.2, 0.25) is 0 Å². The highest BCUT2D eigenvalue weighted by molar-refractivity contribution is 5.76. The molecule has 7 nitrogen and oxygen atoms in total. The van der Waals surface area contributed by atoms with E-state index in [1.54, 1.807) is 4.90 Å². The number of ether oxygens (including phenoxy) is 4. The number of nitrogens with zero attached hydrogens (tertiary/aromatic N) is 1. The van der Waals surface area contributed by atoms with Gasteiger partial charge in [-0.25, -0.2) is 0 Å². The molecule has 0 radical (unpaired) electrons. The van der Waals surface area contributed by atoms with Crippen LogP contribution < -0.4 is 0 Å². The first-order valence-electron chi connectivity index (χ1n) is 9.14. The standard InChI is InChI=1S/C17H31NO6/c19-10-7-15(20)18(8-13-23-16-5-1-3-11-21-16)9-14-24-17-6-2-4-12-22-17/h16-17,19H,1-14H2/t16-,17-/m1/s1. The van der Waals surface area contributed by atoms with E-state index in [4.69, 9.17) is 24.1 Å². The summed E-state index contributed by atoms with van der Waals surface area (Å²) in [6.45, 7) is 3.17. The first-order chi connectivity index (χ1) is 11.8. The summed E-state index contributed by atoms with van der Waals surface area (Å²) in [7, 11) is 0. The minimum absolute atomic E-state index is 0.0844. The molecule has 0 aromatic carbocycles. The van der Waals surface area contributed by atoms with Crippen molar-refractivity contribution in [2.24, 2.45) is 0 Å². The second-order valence-corrected chi connectivity index (χ2v) is 6.19. The van der Waals surface area contributed by atoms with Gasteiger partial charge in [-0.15, -0.1) is 0 Å². The number of rotatable bonds is 10. The quantitative estimate of drug-likeness (QED) is 0.643. The van der Waals surface area contributed by atoms with Crippen molar-refractivity contribution in [3.8, 4) is 0 Å². The molecule has 140 valence electrons. The molecule has 2 rings (SSSR count). The smallest absolute Gasteiger partial charge is 0.225 e. The van der Waals surface area contributed by atoms with Gasteiger partial charge in [-0.1, -0.05) is 0 Å². The Balaban J connectivity index is 1.66. The Labute approximate surface area is 144 Å². The highest BCUT2D eigenvalue weighted by Gasteiger charge is 2.18. The Morgan fingerprint density at radius 3 is 1.92 bits per heavy atom. The van der Waals surface area contributed by atoms with Gasteiger partial charge in [-0.2, -0.15) is 0 Å². The van der Waals surface area contributed by atoms with Gasteiger partial charge in [0.15, 0.2) is 12.6 Å². The van der Waals surface area contributed by atoms with Gasteiger partial charge in [-0.3, -0.25) is 4.79 Å². The zero-order chi connectivity index (χ0) is 17.0. The predicted octanol–water partition coefficient (Wildman–Crippen LogP) is 1.28. The number of aliphatic hydroxyl groups is 1. The Kier molecular flexibility index (Phi) is 9.60. The van der Waals surface area contributed by atoms with Gasteiger partial charge in [-0.05, 0) is 38.5 Å². The summed E-state index contributed by atoms with van der Waals surface area (Å²) in [5.41, 5.74) is 0. The Morgan fingerprint density at radius 1 is 0.958 bits per heavy atom. The molecule has 0 spiro atoms. The molecule has 0 unspecified atom stereocenters. The fraction of sp³-hybridized carbons (Fsp3) is 0.941. The number of hydrogen-bond donors (Lipinski definition) is 1. The average molecular weight is 345 g/mol. The van der Waals surface area contributed by atoms with Crippen LogP contribution in [0, 0.1) is 0 Å². The summed E-state index contributed by atoms with van der Waals surface area (Å²) in [4.78, 5) is 13.8. The summed E-state index contributed by atoms with van der Waals surface area (Å²) in [6.07, 6.45) is 6.04. The van der Waals surface area contributed by atoms with Crippen LogP contribution in [-0.2, 0) is 23.7 Å². The van der Waals surface area contributed by atoms with Gasteiger partial charge in [0.05, 0.1) is 19.8 Å². The van der Waals surface area contributed by atoms with E-state index in [1.165, 1.54) is 0 Å². The lowest BCUT2D eigenvalue weighted by Gasteiger charge is -2.27. The summed E-state index contributed by atoms with van der Waals surface area (Å²) in [6, 6.07) is 0. The third-order valence-corrected chi connectivity index (χ3v) is 4.28. The minimum Gasteiger partial charge on any atom is -0.396 e. The summed E-state index contributed by atoms with van der Waals surface area (Å²) >= 11 is 0. The molecule has 0 aromatic heterocycles. The predicted molar refractivity (Wildman–Crippen MR) is 87.4 cm³/mol. The Bertz CT molecular complexity index is 318. The molecule has 1 amide bonds. The zero-order valence-corrected chi connectivity index (χ0v) is 14.5. The molecule has 0 aliphatic carbocycles. The van der Waals surface area contributed by atoms with Crippen molar-refractivity contribution < 1.29 is 28.8 Å². The van der Waals surface area contributed by atoms with Gasteiger partial charge in [0.25, 0.3) is 0 Å². The van der Waals surface area contributed by atoms with E-state index in [0.717, 1.165) is 51.7 Å². The highest BCUT2D eigenvalue weighted by atomic mass is 16.7. The fourth-order valence-corrected chi connectivity index (χ4v) is 2.89. The topological polar surface area (TPSA) is 77.5 Å². The molecule has 0 saturated carbocycles. The summed E-state index contributed by atoms with van der Waals surface area (Å²) in [5, 5.41) is 8.99. The molecule has 7 heteroatoms. The van der Waals surface area contributed by atoms with Gasteiger partial charge in [0.2, 0.25) is 5.91 Å².